The SMILES string of the molecule is C=CC1CC1(NC(=O)C1CC(Oc2cc(OC)nc(OC)n2)CC1C(=O)O)C(=O)OCC. The zero-order chi connectivity index (χ0) is 23.5. The number of carbonyl (C=O) groups excluding carboxylic acids is 2. The topological polar surface area (TPSA) is 146 Å². The molecule has 1 aromatic heterocycles. The van der Waals surface area contributed by atoms with Gasteiger partial charge in [0, 0.05) is 5.92 Å². The van der Waals surface area contributed by atoms with E-state index >= 15 is 0 Å². The summed E-state index contributed by atoms with van der Waals surface area (Å²) in [5, 5.41) is 12.4. The van der Waals surface area contributed by atoms with E-state index in [-0.39, 0.29) is 43.1 Å². The molecule has 0 aliphatic heterocycles. The monoisotopic (exact) mass is 449 g/mol. The van der Waals surface area contributed by atoms with Crippen molar-refractivity contribution in [2.24, 2.45) is 17.8 Å². The molecule has 1 aromatic rings. The van der Waals surface area contributed by atoms with Crippen LogP contribution in [0.4, 0.5) is 0 Å². The number of ether oxygens (including phenoxy) is 4. The predicted octanol–water partition coefficient (Wildman–Crippen LogP) is 0.976. The van der Waals surface area contributed by atoms with Crippen LogP contribution < -0.4 is 19.5 Å². The number of rotatable bonds is 10. The Labute approximate surface area is 185 Å². The highest BCUT2D eigenvalue weighted by molar-refractivity contribution is 5.94. The minimum Gasteiger partial charge on any atom is -0.481 e. The number of amides is 1. The molecule has 11 heteroatoms. The van der Waals surface area contributed by atoms with E-state index in [1.807, 2.05) is 0 Å². The predicted molar refractivity (Wildman–Crippen MR) is 109 cm³/mol. The van der Waals surface area contributed by atoms with Gasteiger partial charge in [-0.15, -0.1) is 6.58 Å². The molecule has 2 N–H and O–H groups in total. The number of carbonyl (C=O) groups is 3. The summed E-state index contributed by atoms with van der Waals surface area (Å²) >= 11 is 0. The molecule has 32 heavy (non-hydrogen) atoms. The second-order valence-corrected chi connectivity index (χ2v) is 7.73. The van der Waals surface area contributed by atoms with Crippen molar-refractivity contribution < 1.29 is 38.4 Å². The third kappa shape index (κ3) is 4.61. The Morgan fingerprint density at radius 3 is 2.47 bits per heavy atom. The van der Waals surface area contributed by atoms with Crippen molar-refractivity contribution in [1.29, 1.82) is 0 Å². The summed E-state index contributed by atoms with van der Waals surface area (Å²) in [5.74, 6) is -3.96. The van der Waals surface area contributed by atoms with Crippen LogP contribution in [-0.2, 0) is 19.1 Å². The fourth-order valence-corrected chi connectivity index (χ4v) is 4.04. The number of aromatic nitrogens is 2. The summed E-state index contributed by atoms with van der Waals surface area (Å²) in [6, 6.07) is 1.47. The highest BCUT2D eigenvalue weighted by Gasteiger charge is 2.62. The van der Waals surface area contributed by atoms with E-state index in [0.29, 0.717) is 6.42 Å². The van der Waals surface area contributed by atoms with E-state index in [2.05, 4.69) is 21.9 Å². The van der Waals surface area contributed by atoms with Gasteiger partial charge in [-0.2, -0.15) is 9.97 Å². The van der Waals surface area contributed by atoms with Gasteiger partial charge in [0.1, 0.15) is 11.6 Å². The molecule has 0 spiro atoms. The molecule has 0 aromatic carbocycles. The van der Waals surface area contributed by atoms with E-state index in [4.69, 9.17) is 18.9 Å². The molecule has 1 heterocycles. The largest absolute Gasteiger partial charge is 0.481 e. The van der Waals surface area contributed by atoms with Crippen LogP contribution in [0.25, 0.3) is 0 Å². The maximum Gasteiger partial charge on any atom is 0.332 e. The van der Waals surface area contributed by atoms with Crippen molar-refractivity contribution in [2.45, 2.75) is 37.8 Å². The summed E-state index contributed by atoms with van der Waals surface area (Å²) in [6.45, 7) is 5.54. The minimum absolute atomic E-state index is 0.0296. The number of nitrogens with zero attached hydrogens (tertiary/aromatic N) is 2. The lowest BCUT2D eigenvalue weighted by molar-refractivity contribution is -0.150. The van der Waals surface area contributed by atoms with Gasteiger partial charge in [-0.25, -0.2) is 4.79 Å². The quantitative estimate of drug-likeness (QED) is 0.391. The van der Waals surface area contributed by atoms with Crippen LogP contribution in [0.2, 0.25) is 0 Å². The third-order valence-electron chi connectivity index (χ3n) is 5.80. The fourth-order valence-electron chi connectivity index (χ4n) is 4.04. The Bertz CT molecular complexity index is 885. The highest BCUT2D eigenvalue weighted by Crippen LogP contribution is 2.46. The number of hydrogen-bond acceptors (Lipinski definition) is 9. The molecule has 3 rings (SSSR count). The van der Waals surface area contributed by atoms with Crippen molar-refractivity contribution in [3.8, 4) is 17.8 Å². The molecule has 5 atom stereocenters. The van der Waals surface area contributed by atoms with E-state index in [9.17, 15) is 19.5 Å². The minimum atomic E-state index is -1.19. The Morgan fingerprint density at radius 1 is 1.22 bits per heavy atom. The average molecular weight is 449 g/mol. The number of aliphatic carboxylic acids is 1. The van der Waals surface area contributed by atoms with Gasteiger partial charge in [0.25, 0.3) is 0 Å². The Morgan fingerprint density at radius 2 is 1.91 bits per heavy atom. The lowest BCUT2D eigenvalue weighted by Crippen LogP contribution is -2.49. The number of carboxylic acid groups (broad SMARTS) is 1. The molecule has 5 unspecified atom stereocenters. The van der Waals surface area contributed by atoms with Crippen LogP contribution in [-0.4, -0.2) is 65.4 Å². The lowest BCUT2D eigenvalue weighted by Gasteiger charge is -2.21. The smallest absolute Gasteiger partial charge is 0.332 e. The van der Waals surface area contributed by atoms with Crippen LogP contribution in [0.1, 0.15) is 26.2 Å². The second-order valence-electron chi connectivity index (χ2n) is 7.73. The number of hydrogen-bond donors (Lipinski definition) is 2. The van der Waals surface area contributed by atoms with Crippen LogP contribution >= 0.6 is 0 Å². The van der Waals surface area contributed by atoms with Gasteiger partial charge in [0.05, 0.1) is 38.7 Å². The van der Waals surface area contributed by atoms with Crippen LogP contribution in [0, 0.1) is 17.8 Å². The number of nitrogens with one attached hydrogen (secondary N) is 1. The Kier molecular flexibility index (Phi) is 6.85. The van der Waals surface area contributed by atoms with E-state index in [1.165, 1.54) is 20.3 Å². The van der Waals surface area contributed by atoms with Gasteiger partial charge in [-0.3, -0.25) is 9.59 Å². The molecule has 0 saturated heterocycles. The molecule has 2 fully saturated rings. The van der Waals surface area contributed by atoms with Gasteiger partial charge < -0.3 is 29.4 Å². The first kappa shape index (κ1) is 23.3. The van der Waals surface area contributed by atoms with Gasteiger partial charge in [-0.1, -0.05) is 6.08 Å². The fraction of sp³-hybridized carbons (Fsp3) is 0.571. The molecule has 11 nitrogen and oxygen atoms in total. The number of methoxy groups -OCH3 is 2. The first-order valence-electron chi connectivity index (χ1n) is 10.3. The van der Waals surface area contributed by atoms with Gasteiger partial charge in [0.15, 0.2) is 0 Å². The second kappa shape index (κ2) is 9.41. The summed E-state index contributed by atoms with van der Waals surface area (Å²) in [7, 11) is 2.82. The molecule has 0 radical (unpaired) electrons. The van der Waals surface area contributed by atoms with Crippen molar-refractivity contribution in [3.63, 3.8) is 0 Å². The molecular formula is C21H27N3O8. The molecule has 1 amide bonds. The average Bonchev–Trinajstić information content (AvgIpc) is 3.32. The Balaban J connectivity index is 1.74. The summed E-state index contributed by atoms with van der Waals surface area (Å²) in [5.41, 5.74) is -1.19. The van der Waals surface area contributed by atoms with E-state index in [1.54, 1.807) is 13.0 Å². The normalized spacial score (nSPS) is 28.3. The van der Waals surface area contributed by atoms with Crippen LogP contribution in [0.15, 0.2) is 18.7 Å². The van der Waals surface area contributed by atoms with Crippen molar-refractivity contribution >= 4 is 17.8 Å². The molecule has 0 bridgehead atoms. The number of esters is 1. The zero-order valence-corrected chi connectivity index (χ0v) is 18.2. The first-order valence-corrected chi connectivity index (χ1v) is 10.3. The molecule has 2 aliphatic rings. The lowest BCUT2D eigenvalue weighted by atomic mass is 9.94. The third-order valence-corrected chi connectivity index (χ3v) is 5.80. The van der Waals surface area contributed by atoms with Crippen molar-refractivity contribution in [1.82, 2.24) is 15.3 Å². The maximum absolute atomic E-state index is 13.0. The molecule has 174 valence electrons. The molecule has 2 aliphatic carbocycles. The van der Waals surface area contributed by atoms with Crippen molar-refractivity contribution in [2.75, 3.05) is 20.8 Å². The summed E-state index contributed by atoms with van der Waals surface area (Å²) < 4.78 is 21.0. The van der Waals surface area contributed by atoms with Crippen molar-refractivity contribution in [3.05, 3.63) is 18.7 Å². The standard InChI is InChI=1S/C21H27N3O8/c1-5-11-10-21(11,19(28)31-6-2)24-17(25)13-7-12(8-14(13)18(26)27)32-16-9-15(29-3)22-20(23-16)30-4/h5,9,11-14H,1,6-8,10H2,2-4H3,(H,24,25)(H,26,27). The zero-order valence-electron chi connectivity index (χ0n) is 18.2. The maximum atomic E-state index is 13.0. The van der Waals surface area contributed by atoms with Gasteiger partial charge >= 0.3 is 17.9 Å². The van der Waals surface area contributed by atoms with E-state index < -0.39 is 41.3 Å². The van der Waals surface area contributed by atoms with E-state index in [0.717, 1.165) is 0 Å². The molecular weight excluding hydrogens is 422 g/mol. The summed E-state index contributed by atoms with van der Waals surface area (Å²) in [6.07, 6.45) is 1.59. The molecule has 2 saturated carbocycles. The highest BCUT2D eigenvalue weighted by atomic mass is 16.5. The first-order chi connectivity index (χ1) is 15.3. The Hall–Kier alpha value is -3.37. The van der Waals surface area contributed by atoms with Gasteiger partial charge in [-0.05, 0) is 26.2 Å². The van der Waals surface area contributed by atoms with Crippen LogP contribution in [0.3, 0.4) is 0 Å². The summed E-state index contributed by atoms with van der Waals surface area (Å²) in [4.78, 5) is 45.4. The number of carboxylic acids is 1. The van der Waals surface area contributed by atoms with Gasteiger partial charge in [0.2, 0.25) is 17.7 Å². The van der Waals surface area contributed by atoms with Crippen LogP contribution in [0.5, 0.6) is 17.8 Å².